The maximum atomic E-state index is 13.0. The van der Waals surface area contributed by atoms with Crippen molar-refractivity contribution in [3.63, 3.8) is 0 Å². The van der Waals surface area contributed by atoms with Crippen LogP contribution in [0.2, 0.25) is 0 Å². The molecular formula is C28H25N7O2. The zero-order valence-corrected chi connectivity index (χ0v) is 20.0. The smallest absolute Gasteiger partial charge is 0.252 e. The molecule has 1 aromatic carbocycles. The molecule has 9 nitrogen and oxygen atoms in total. The standard InChI is InChI=1S/C28H25N7O2/c36-26-6-1-20-16-32-28(33-22-2-4-23(5-3-22)37-24-9-13-31-17-24)34-27(20)35(26)18-21-15-30-14-10-25(21)19-7-11-29-12-8-19/h1-8,10-12,14-16,24,31H,9,13,17-18H2,(H,32,33,34). The van der Waals surface area contributed by atoms with Crippen LogP contribution in [0.3, 0.4) is 0 Å². The van der Waals surface area contributed by atoms with Crippen molar-refractivity contribution >= 4 is 22.7 Å². The van der Waals surface area contributed by atoms with Gasteiger partial charge in [0.2, 0.25) is 5.95 Å². The second-order valence-electron chi connectivity index (χ2n) is 8.88. The number of rotatable bonds is 7. The fourth-order valence-electron chi connectivity index (χ4n) is 4.49. The maximum absolute atomic E-state index is 13.0. The van der Waals surface area contributed by atoms with Crippen LogP contribution in [0.1, 0.15) is 12.0 Å². The average molecular weight is 492 g/mol. The molecule has 4 aromatic heterocycles. The van der Waals surface area contributed by atoms with Crippen LogP contribution >= 0.6 is 0 Å². The van der Waals surface area contributed by atoms with Gasteiger partial charge in [0.05, 0.1) is 6.54 Å². The van der Waals surface area contributed by atoms with Gasteiger partial charge in [0, 0.05) is 54.7 Å². The number of nitrogens with zero attached hydrogens (tertiary/aromatic N) is 5. The molecular weight excluding hydrogens is 466 g/mol. The van der Waals surface area contributed by atoms with Crippen molar-refractivity contribution in [2.45, 2.75) is 19.1 Å². The minimum absolute atomic E-state index is 0.149. The number of hydrogen-bond acceptors (Lipinski definition) is 8. The number of ether oxygens (including phenoxy) is 1. The number of nitrogens with one attached hydrogen (secondary N) is 2. The third-order valence-electron chi connectivity index (χ3n) is 6.37. The van der Waals surface area contributed by atoms with Crippen LogP contribution in [0.25, 0.3) is 22.2 Å². The minimum Gasteiger partial charge on any atom is -0.489 e. The van der Waals surface area contributed by atoms with Crippen molar-refractivity contribution in [1.82, 2.24) is 29.8 Å². The number of fused-ring (bicyclic) bond motifs is 1. The predicted octanol–water partition coefficient (Wildman–Crippen LogP) is 3.78. The van der Waals surface area contributed by atoms with E-state index < -0.39 is 0 Å². The topological polar surface area (TPSA) is 107 Å². The molecule has 184 valence electrons. The molecule has 0 radical (unpaired) electrons. The van der Waals surface area contributed by atoms with Gasteiger partial charge in [-0.3, -0.25) is 19.3 Å². The van der Waals surface area contributed by atoms with Gasteiger partial charge in [-0.2, -0.15) is 4.98 Å². The van der Waals surface area contributed by atoms with Crippen molar-refractivity contribution in [3.05, 3.63) is 101 Å². The first-order chi connectivity index (χ1) is 18.2. The molecule has 0 amide bonds. The van der Waals surface area contributed by atoms with Gasteiger partial charge in [-0.25, -0.2) is 4.98 Å². The monoisotopic (exact) mass is 491 g/mol. The number of aromatic nitrogens is 5. The van der Waals surface area contributed by atoms with Crippen LogP contribution in [0.5, 0.6) is 5.75 Å². The van der Waals surface area contributed by atoms with Crippen LogP contribution in [0.15, 0.2) is 90.4 Å². The van der Waals surface area contributed by atoms with E-state index in [4.69, 9.17) is 9.72 Å². The summed E-state index contributed by atoms with van der Waals surface area (Å²) in [6.45, 7) is 2.18. The largest absolute Gasteiger partial charge is 0.489 e. The Labute approximate surface area is 213 Å². The molecule has 0 spiro atoms. The minimum atomic E-state index is -0.149. The van der Waals surface area contributed by atoms with Crippen LogP contribution in [0, 0.1) is 0 Å². The Morgan fingerprint density at radius 1 is 0.973 bits per heavy atom. The first kappa shape index (κ1) is 22.8. The molecule has 1 aliphatic rings. The maximum Gasteiger partial charge on any atom is 0.252 e. The quantitative estimate of drug-likeness (QED) is 0.354. The lowest BCUT2D eigenvalue weighted by atomic mass is 10.0. The van der Waals surface area contributed by atoms with Gasteiger partial charge in [-0.05, 0) is 78.2 Å². The molecule has 0 saturated carbocycles. The first-order valence-corrected chi connectivity index (χ1v) is 12.2. The number of anilines is 2. The Morgan fingerprint density at radius 2 is 1.81 bits per heavy atom. The summed E-state index contributed by atoms with van der Waals surface area (Å²) in [6.07, 6.45) is 9.97. The normalized spacial score (nSPS) is 15.1. The van der Waals surface area contributed by atoms with Crippen molar-refractivity contribution < 1.29 is 4.74 Å². The van der Waals surface area contributed by atoms with Crippen LogP contribution in [0.4, 0.5) is 11.6 Å². The highest BCUT2D eigenvalue weighted by molar-refractivity contribution is 5.76. The summed E-state index contributed by atoms with van der Waals surface area (Å²) in [5, 5.41) is 7.31. The highest BCUT2D eigenvalue weighted by Crippen LogP contribution is 2.24. The van der Waals surface area contributed by atoms with E-state index in [1.807, 2.05) is 42.5 Å². The SMILES string of the molecule is O=c1ccc2cnc(Nc3ccc(OC4CCNC4)cc3)nc2n1Cc1cnccc1-c1ccncc1. The predicted molar refractivity (Wildman–Crippen MR) is 142 cm³/mol. The summed E-state index contributed by atoms with van der Waals surface area (Å²) < 4.78 is 7.65. The second-order valence-corrected chi connectivity index (χ2v) is 8.88. The van der Waals surface area contributed by atoms with Gasteiger partial charge in [-0.15, -0.1) is 0 Å². The Balaban J connectivity index is 1.29. The van der Waals surface area contributed by atoms with Crippen LogP contribution in [-0.2, 0) is 6.54 Å². The van der Waals surface area contributed by atoms with E-state index in [9.17, 15) is 4.79 Å². The van der Waals surface area contributed by atoms with E-state index >= 15 is 0 Å². The molecule has 1 unspecified atom stereocenters. The summed E-state index contributed by atoms with van der Waals surface area (Å²) in [4.78, 5) is 30.5. The van der Waals surface area contributed by atoms with E-state index in [-0.39, 0.29) is 11.7 Å². The van der Waals surface area contributed by atoms with Crippen LogP contribution in [-0.4, -0.2) is 43.7 Å². The summed E-state index contributed by atoms with van der Waals surface area (Å²) in [5.74, 6) is 1.23. The third kappa shape index (κ3) is 5.03. The van der Waals surface area contributed by atoms with Crippen molar-refractivity contribution in [1.29, 1.82) is 0 Å². The zero-order chi connectivity index (χ0) is 25.0. The molecule has 0 bridgehead atoms. The second kappa shape index (κ2) is 10.2. The van der Waals surface area contributed by atoms with Gasteiger partial charge in [-0.1, -0.05) is 0 Å². The van der Waals surface area contributed by atoms with Crippen LogP contribution < -0.4 is 20.9 Å². The zero-order valence-electron chi connectivity index (χ0n) is 20.0. The molecule has 5 heterocycles. The van der Waals surface area contributed by atoms with Gasteiger partial charge in [0.25, 0.3) is 5.56 Å². The molecule has 0 aliphatic carbocycles. The fraction of sp³-hybridized carbons (Fsp3) is 0.179. The molecule has 1 atom stereocenters. The Kier molecular flexibility index (Phi) is 6.26. The lowest BCUT2D eigenvalue weighted by Crippen LogP contribution is -2.21. The number of hydrogen-bond donors (Lipinski definition) is 2. The summed E-state index contributed by atoms with van der Waals surface area (Å²) in [6, 6.07) is 16.8. The van der Waals surface area contributed by atoms with Gasteiger partial charge < -0.3 is 15.4 Å². The highest BCUT2D eigenvalue weighted by atomic mass is 16.5. The molecule has 37 heavy (non-hydrogen) atoms. The summed E-state index contributed by atoms with van der Waals surface area (Å²) in [5.41, 5.74) is 4.13. The first-order valence-electron chi connectivity index (χ1n) is 12.2. The van der Waals surface area contributed by atoms with E-state index in [2.05, 4.69) is 25.6 Å². The van der Waals surface area contributed by atoms with E-state index in [1.165, 1.54) is 0 Å². The van der Waals surface area contributed by atoms with Crippen molar-refractivity contribution in [3.8, 4) is 16.9 Å². The molecule has 5 aromatic rings. The Morgan fingerprint density at radius 3 is 2.62 bits per heavy atom. The van der Waals surface area contributed by atoms with Gasteiger partial charge in [0.15, 0.2) is 0 Å². The average Bonchev–Trinajstić information content (AvgIpc) is 3.45. The number of benzene rings is 1. The van der Waals surface area contributed by atoms with Gasteiger partial charge in [0.1, 0.15) is 17.5 Å². The summed E-state index contributed by atoms with van der Waals surface area (Å²) >= 11 is 0. The fourth-order valence-corrected chi connectivity index (χ4v) is 4.49. The Hall–Kier alpha value is -4.63. The lowest BCUT2D eigenvalue weighted by Gasteiger charge is -2.14. The highest BCUT2D eigenvalue weighted by Gasteiger charge is 2.16. The lowest BCUT2D eigenvalue weighted by molar-refractivity contribution is 0.223. The molecule has 2 N–H and O–H groups in total. The number of pyridine rings is 3. The third-order valence-corrected chi connectivity index (χ3v) is 6.37. The molecule has 9 heteroatoms. The molecule has 1 fully saturated rings. The molecule has 1 saturated heterocycles. The van der Waals surface area contributed by atoms with Crippen molar-refractivity contribution in [2.24, 2.45) is 0 Å². The molecule has 6 rings (SSSR count). The van der Waals surface area contributed by atoms with Gasteiger partial charge >= 0.3 is 0 Å². The van der Waals surface area contributed by atoms with E-state index in [1.54, 1.807) is 47.7 Å². The summed E-state index contributed by atoms with van der Waals surface area (Å²) in [7, 11) is 0. The van der Waals surface area contributed by atoms with E-state index in [0.717, 1.165) is 53.0 Å². The van der Waals surface area contributed by atoms with Crippen molar-refractivity contribution in [2.75, 3.05) is 18.4 Å². The van der Waals surface area contributed by atoms with E-state index in [0.29, 0.717) is 18.1 Å². The molecule has 1 aliphatic heterocycles. The Bertz CT molecular complexity index is 1580.